The van der Waals surface area contributed by atoms with E-state index in [9.17, 15) is 19.2 Å². The standard InChI is InChI=1S/C26H51BN5O8P/c1-7-14-38-41-39-15-9-13-29-21(33)17-30-23(34)20(5)31-24(35)22(18(2)3)32-25(36)40-19(4)10-16-37-26(6,27)11-8-12-28/h18-20,22,41H,7-17,28H2,1-6H3,(H,29,33)(H,30,34)(H,31,35)(H,32,36). The van der Waals surface area contributed by atoms with Crippen molar-refractivity contribution in [2.75, 3.05) is 39.5 Å². The Hall–Kier alpha value is -1.99. The van der Waals surface area contributed by atoms with Gasteiger partial charge in [-0.05, 0) is 58.9 Å². The van der Waals surface area contributed by atoms with Gasteiger partial charge in [-0.2, -0.15) is 0 Å². The molecule has 0 heterocycles. The average Bonchev–Trinajstić information content (AvgIpc) is 2.90. The lowest BCUT2D eigenvalue weighted by atomic mass is 9.79. The molecule has 0 aliphatic rings. The highest BCUT2D eigenvalue weighted by Crippen LogP contribution is 2.14. The zero-order valence-corrected chi connectivity index (χ0v) is 26.5. The van der Waals surface area contributed by atoms with Crippen molar-refractivity contribution in [3.05, 3.63) is 0 Å². The summed E-state index contributed by atoms with van der Waals surface area (Å²) in [5.41, 5.74) is 4.69. The monoisotopic (exact) mass is 603 g/mol. The smallest absolute Gasteiger partial charge is 0.408 e. The first-order valence-corrected chi connectivity index (χ1v) is 15.1. The third-order valence-corrected chi connectivity index (χ3v) is 6.35. The molecule has 5 unspecified atom stereocenters. The van der Waals surface area contributed by atoms with Gasteiger partial charge in [0.2, 0.25) is 17.7 Å². The maximum absolute atomic E-state index is 12.8. The van der Waals surface area contributed by atoms with E-state index in [1.807, 2.05) is 6.92 Å². The number of nitrogens with one attached hydrogen (secondary N) is 4. The van der Waals surface area contributed by atoms with E-state index in [-0.39, 0.29) is 34.0 Å². The van der Waals surface area contributed by atoms with Gasteiger partial charge in [0.1, 0.15) is 26.0 Å². The summed E-state index contributed by atoms with van der Waals surface area (Å²) in [6, 6.07) is -1.88. The summed E-state index contributed by atoms with van der Waals surface area (Å²) in [5, 5.41) is 10.3. The molecule has 15 heteroatoms. The van der Waals surface area contributed by atoms with E-state index in [0.717, 1.165) is 12.8 Å². The molecule has 4 amide bonds. The fourth-order valence-corrected chi connectivity index (χ4v) is 3.87. The van der Waals surface area contributed by atoms with Crippen LogP contribution in [0.15, 0.2) is 0 Å². The maximum atomic E-state index is 12.8. The predicted molar refractivity (Wildman–Crippen MR) is 159 cm³/mol. The number of carbonyl (C=O) groups excluding carboxylic acids is 4. The molecule has 0 bridgehead atoms. The molecular formula is C26H51BN5O8P. The molecule has 13 nitrogen and oxygen atoms in total. The minimum atomic E-state index is -0.941. The van der Waals surface area contributed by atoms with Crippen LogP contribution in [0.25, 0.3) is 0 Å². The van der Waals surface area contributed by atoms with Crippen LogP contribution in [0.3, 0.4) is 0 Å². The summed E-state index contributed by atoms with van der Waals surface area (Å²) in [4.78, 5) is 49.6. The van der Waals surface area contributed by atoms with Gasteiger partial charge in [0.05, 0.1) is 19.8 Å². The fourth-order valence-electron chi connectivity index (χ4n) is 3.27. The lowest BCUT2D eigenvalue weighted by Crippen LogP contribution is -2.55. The van der Waals surface area contributed by atoms with Gasteiger partial charge in [-0.15, -0.1) is 0 Å². The fraction of sp³-hybridized carbons (Fsp3) is 0.846. The number of carbonyl (C=O) groups is 4. The van der Waals surface area contributed by atoms with Crippen LogP contribution in [0.2, 0.25) is 0 Å². The lowest BCUT2D eigenvalue weighted by Gasteiger charge is -2.27. The van der Waals surface area contributed by atoms with Crippen LogP contribution in [-0.2, 0) is 32.9 Å². The van der Waals surface area contributed by atoms with Crippen molar-refractivity contribution in [1.82, 2.24) is 21.3 Å². The molecule has 0 aliphatic heterocycles. The Bertz CT molecular complexity index is 778. The molecule has 0 rings (SSSR count). The summed E-state index contributed by atoms with van der Waals surface area (Å²) >= 11 is 0. The van der Waals surface area contributed by atoms with Crippen LogP contribution >= 0.6 is 9.03 Å². The Morgan fingerprint density at radius 3 is 2.27 bits per heavy atom. The highest BCUT2D eigenvalue weighted by atomic mass is 31.1. The first-order valence-electron chi connectivity index (χ1n) is 14.3. The van der Waals surface area contributed by atoms with Gasteiger partial charge >= 0.3 is 6.09 Å². The van der Waals surface area contributed by atoms with Crippen molar-refractivity contribution < 1.29 is 37.7 Å². The summed E-state index contributed by atoms with van der Waals surface area (Å²) < 4.78 is 21.5. The molecule has 6 N–H and O–H groups in total. The molecule has 0 aromatic heterocycles. The van der Waals surface area contributed by atoms with E-state index in [4.69, 9.17) is 32.1 Å². The molecule has 41 heavy (non-hydrogen) atoms. The molecule has 0 aromatic carbocycles. The Morgan fingerprint density at radius 1 is 0.951 bits per heavy atom. The summed E-state index contributed by atoms with van der Waals surface area (Å²) in [5.74, 6) is -1.74. The number of alkyl carbamates (subject to hydrolysis) is 1. The van der Waals surface area contributed by atoms with Crippen LogP contribution in [0.4, 0.5) is 4.79 Å². The molecule has 0 saturated heterocycles. The van der Waals surface area contributed by atoms with E-state index in [1.165, 1.54) is 6.92 Å². The van der Waals surface area contributed by atoms with E-state index < -0.39 is 41.6 Å². The Balaban J connectivity index is 4.42. The zero-order valence-electron chi connectivity index (χ0n) is 25.5. The SMILES string of the molecule is [B]C(C)(CCCN)OCCC(C)OC(=O)NC(C(=O)NC(C)C(=O)NCC(=O)NCCCOPOCCC)C(C)C. The Morgan fingerprint density at radius 2 is 1.63 bits per heavy atom. The first-order chi connectivity index (χ1) is 19.3. The third-order valence-electron chi connectivity index (χ3n) is 5.71. The summed E-state index contributed by atoms with van der Waals surface area (Å²) in [6.45, 7) is 12.5. The van der Waals surface area contributed by atoms with Gasteiger partial charge in [-0.3, -0.25) is 14.4 Å². The van der Waals surface area contributed by atoms with E-state index >= 15 is 0 Å². The molecular weight excluding hydrogens is 552 g/mol. The second kappa shape index (κ2) is 22.6. The van der Waals surface area contributed by atoms with Crippen LogP contribution in [-0.4, -0.2) is 94.8 Å². The summed E-state index contributed by atoms with van der Waals surface area (Å²) in [6.07, 6.45) is 2.04. The van der Waals surface area contributed by atoms with Gasteiger partial charge in [0.25, 0.3) is 0 Å². The minimum absolute atomic E-state index is 0.0188. The van der Waals surface area contributed by atoms with Crippen molar-refractivity contribution in [3.63, 3.8) is 0 Å². The number of rotatable bonds is 23. The molecule has 0 fully saturated rings. The van der Waals surface area contributed by atoms with Crippen molar-refractivity contribution in [2.45, 2.75) is 97.3 Å². The number of ether oxygens (including phenoxy) is 2. The minimum Gasteiger partial charge on any atom is -0.446 e. The van der Waals surface area contributed by atoms with Crippen LogP contribution in [0.1, 0.15) is 73.6 Å². The highest BCUT2D eigenvalue weighted by Gasteiger charge is 2.28. The van der Waals surface area contributed by atoms with Gasteiger partial charge in [-0.1, -0.05) is 20.8 Å². The number of nitrogens with two attached hydrogens (primary N) is 1. The average molecular weight is 604 g/mol. The lowest BCUT2D eigenvalue weighted by molar-refractivity contribution is -0.131. The molecule has 236 valence electrons. The van der Waals surface area contributed by atoms with Gasteiger partial charge in [-0.25, -0.2) is 4.79 Å². The van der Waals surface area contributed by atoms with E-state index in [2.05, 4.69) is 21.3 Å². The maximum Gasteiger partial charge on any atom is 0.408 e. The van der Waals surface area contributed by atoms with Crippen LogP contribution < -0.4 is 27.0 Å². The molecule has 0 saturated carbocycles. The van der Waals surface area contributed by atoms with Crippen molar-refractivity contribution in [1.29, 1.82) is 0 Å². The molecule has 0 aromatic rings. The van der Waals surface area contributed by atoms with Crippen molar-refractivity contribution in [2.24, 2.45) is 11.7 Å². The van der Waals surface area contributed by atoms with Crippen LogP contribution in [0, 0.1) is 5.92 Å². The number of amides is 4. The summed E-state index contributed by atoms with van der Waals surface area (Å²) in [7, 11) is 6.05. The number of hydrogen-bond donors (Lipinski definition) is 5. The zero-order chi connectivity index (χ0) is 31.3. The quantitative estimate of drug-likeness (QED) is 0.0653. The molecule has 0 aliphatic carbocycles. The Labute approximate surface area is 248 Å². The normalized spacial score (nSPS) is 15.1. The van der Waals surface area contributed by atoms with E-state index in [0.29, 0.717) is 45.6 Å². The number of hydrogen-bond acceptors (Lipinski definition) is 9. The largest absolute Gasteiger partial charge is 0.446 e. The topological polar surface area (TPSA) is 179 Å². The second-order valence-corrected chi connectivity index (χ2v) is 11.1. The van der Waals surface area contributed by atoms with Gasteiger partial charge in [0.15, 0.2) is 9.03 Å². The van der Waals surface area contributed by atoms with Crippen molar-refractivity contribution in [3.8, 4) is 0 Å². The van der Waals surface area contributed by atoms with Gasteiger partial charge < -0.3 is 45.5 Å². The van der Waals surface area contributed by atoms with Crippen LogP contribution in [0.5, 0.6) is 0 Å². The second-order valence-electron chi connectivity index (χ2n) is 10.4. The highest BCUT2D eigenvalue weighted by molar-refractivity contribution is 7.26. The van der Waals surface area contributed by atoms with E-state index in [1.54, 1.807) is 27.7 Å². The Kier molecular flexibility index (Phi) is 21.5. The molecule has 0 spiro atoms. The molecule has 2 radical (unpaired) electrons. The predicted octanol–water partition coefficient (Wildman–Crippen LogP) is 1.23. The van der Waals surface area contributed by atoms with Crippen molar-refractivity contribution >= 4 is 40.7 Å². The third kappa shape index (κ3) is 20.5. The van der Waals surface area contributed by atoms with Gasteiger partial charge in [0, 0.05) is 25.1 Å². The molecule has 5 atom stereocenters. The first kappa shape index (κ1) is 39.0.